The molecule has 2 N–H and O–H groups in total. The molecule has 0 aliphatic rings. The van der Waals surface area contributed by atoms with Gasteiger partial charge in [0.1, 0.15) is 0 Å². The van der Waals surface area contributed by atoms with Gasteiger partial charge in [-0.25, -0.2) is 9.59 Å². The van der Waals surface area contributed by atoms with Crippen LogP contribution in [-0.2, 0) is 0 Å². The van der Waals surface area contributed by atoms with Gasteiger partial charge >= 0.3 is 11.9 Å². The Kier molecular flexibility index (Phi) is 4.94. The molecule has 0 aliphatic heterocycles. The van der Waals surface area contributed by atoms with Crippen LogP contribution in [0.4, 0.5) is 0 Å². The molecule has 0 fully saturated rings. The van der Waals surface area contributed by atoms with E-state index in [2.05, 4.69) is 60.7 Å². The van der Waals surface area contributed by atoms with Gasteiger partial charge in [0, 0.05) is 0 Å². The van der Waals surface area contributed by atoms with E-state index in [9.17, 15) is 9.59 Å². The molecule has 128 valence electrons. The maximum atomic E-state index is 10.4. The summed E-state index contributed by atoms with van der Waals surface area (Å²) < 4.78 is 0. The van der Waals surface area contributed by atoms with Gasteiger partial charge in [-0.1, -0.05) is 54.6 Å². The molecule has 0 aromatic heterocycles. The molecule has 4 aromatic rings. The quantitative estimate of drug-likeness (QED) is 0.498. The second-order valence-corrected chi connectivity index (χ2v) is 5.74. The molecular formula is C22H16O4. The number of aromatic carboxylic acids is 2. The summed E-state index contributed by atoms with van der Waals surface area (Å²) in [5, 5.41) is 22.2. The second kappa shape index (κ2) is 7.49. The predicted octanol–water partition coefficient (Wildman–Crippen LogP) is 5.08. The molecule has 0 bridgehead atoms. The lowest BCUT2D eigenvalue weighted by molar-refractivity contribution is 0.0696. The van der Waals surface area contributed by atoms with Crippen molar-refractivity contribution >= 4 is 33.5 Å². The van der Waals surface area contributed by atoms with Crippen LogP contribution in [0.1, 0.15) is 20.7 Å². The molecule has 0 heterocycles. The first-order valence-electron chi connectivity index (χ1n) is 7.99. The lowest BCUT2D eigenvalue weighted by Gasteiger charge is -2.00. The zero-order chi connectivity index (χ0) is 18.5. The van der Waals surface area contributed by atoms with Gasteiger partial charge < -0.3 is 10.2 Å². The lowest BCUT2D eigenvalue weighted by atomic mass is 10.0. The smallest absolute Gasteiger partial charge is 0.335 e. The van der Waals surface area contributed by atoms with Crippen LogP contribution in [0, 0.1) is 0 Å². The van der Waals surface area contributed by atoms with Gasteiger partial charge in [0.2, 0.25) is 0 Å². The number of benzene rings is 4. The minimum absolute atomic E-state index is 0.0186. The van der Waals surface area contributed by atoms with Crippen LogP contribution in [-0.4, -0.2) is 22.2 Å². The number of fused-ring (bicyclic) bond motifs is 2. The Labute approximate surface area is 149 Å². The Bertz CT molecular complexity index is 965. The summed E-state index contributed by atoms with van der Waals surface area (Å²) >= 11 is 0. The van der Waals surface area contributed by atoms with Crippen molar-refractivity contribution in [3.05, 3.63) is 96.1 Å². The SMILES string of the molecule is O=C(O)c1cccc(C(=O)O)c1.c1ccc2cc3ccccc3cc2c1. The molecule has 0 saturated heterocycles. The van der Waals surface area contributed by atoms with Crippen LogP contribution in [0.25, 0.3) is 21.5 Å². The summed E-state index contributed by atoms with van der Waals surface area (Å²) in [5.41, 5.74) is -0.0372. The van der Waals surface area contributed by atoms with E-state index in [-0.39, 0.29) is 11.1 Å². The minimum Gasteiger partial charge on any atom is -0.478 e. The van der Waals surface area contributed by atoms with Crippen molar-refractivity contribution < 1.29 is 19.8 Å². The molecule has 4 nitrogen and oxygen atoms in total. The van der Waals surface area contributed by atoms with Crippen LogP contribution in [0.2, 0.25) is 0 Å². The molecule has 4 heteroatoms. The highest BCUT2D eigenvalue weighted by molar-refractivity contribution is 5.98. The van der Waals surface area contributed by atoms with Gasteiger partial charge in [0.05, 0.1) is 11.1 Å². The van der Waals surface area contributed by atoms with Crippen molar-refractivity contribution in [2.24, 2.45) is 0 Å². The summed E-state index contributed by atoms with van der Waals surface area (Å²) in [6.07, 6.45) is 0. The lowest BCUT2D eigenvalue weighted by Crippen LogP contribution is -2.01. The normalized spacial score (nSPS) is 10.2. The van der Waals surface area contributed by atoms with E-state index in [0.717, 1.165) is 6.07 Å². The Morgan fingerprint density at radius 2 is 0.846 bits per heavy atom. The molecule has 0 unspecified atom stereocenters. The van der Waals surface area contributed by atoms with E-state index in [0.29, 0.717) is 0 Å². The number of hydrogen-bond acceptors (Lipinski definition) is 2. The average Bonchev–Trinajstić information content (AvgIpc) is 2.67. The first-order valence-corrected chi connectivity index (χ1v) is 7.99. The highest BCUT2D eigenvalue weighted by Crippen LogP contribution is 2.22. The zero-order valence-corrected chi connectivity index (χ0v) is 13.8. The first-order chi connectivity index (χ1) is 12.5. The van der Waals surface area contributed by atoms with Crippen molar-refractivity contribution in [2.75, 3.05) is 0 Å². The monoisotopic (exact) mass is 344 g/mol. The fourth-order valence-corrected chi connectivity index (χ4v) is 2.67. The van der Waals surface area contributed by atoms with Crippen molar-refractivity contribution in [1.82, 2.24) is 0 Å². The third-order valence-electron chi connectivity index (χ3n) is 3.97. The van der Waals surface area contributed by atoms with Gasteiger partial charge in [-0.3, -0.25) is 0 Å². The zero-order valence-electron chi connectivity index (χ0n) is 13.8. The Morgan fingerprint density at radius 3 is 1.15 bits per heavy atom. The molecule has 0 amide bonds. The van der Waals surface area contributed by atoms with Crippen LogP contribution in [0.15, 0.2) is 84.9 Å². The molecule has 0 spiro atoms. The fraction of sp³-hybridized carbons (Fsp3) is 0. The number of hydrogen-bond donors (Lipinski definition) is 2. The summed E-state index contributed by atoms with van der Waals surface area (Å²) in [5.74, 6) is -2.25. The Morgan fingerprint density at radius 1 is 0.500 bits per heavy atom. The van der Waals surface area contributed by atoms with E-state index in [1.54, 1.807) is 0 Å². The predicted molar refractivity (Wildman–Crippen MR) is 102 cm³/mol. The first kappa shape index (κ1) is 17.2. The Hall–Kier alpha value is -3.66. The van der Waals surface area contributed by atoms with Gasteiger partial charge in [0.15, 0.2) is 0 Å². The number of carboxylic acid groups (broad SMARTS) is 2. The van der Waals surface area contributed by atoms with Crippen molar-refractivity contribution in [2.45, 2.75) is 0 Å². The van der Waals surface area contributed by atoms with E-state index in [1.807, 2.05) is 0 Å². The van der Waals surface area contributed by atoms with Crippen molar-refractivity contribution in [3.8, 4) is 0 Å². The molecule has 0 saturated carbocycles. The van der Waals surface area contributed by atoms with Crippen LogP contribution >= 0.6 is 0 Å². The number of carbonyl (C=O) groups is 2. The van der Waals surface area contributed by atoms with E-state index >= 15 is 0 Å². The topological polar surface area (TPSA) is 74.6 Å². The van der Waals surface area contributed by atoms with Gasteiger partial charge in [-0.15, -0.1) is 0 Å². The Balaban J connectivity index is 0.000000153. The molecule has 0 aliphatic carbocycles. The van der Waals surface area contributed by atoms with E-state index in [4.69, 9.17) is 10.2 Å². The third kappa shape index (κ3) is 3.87. The molecular weight excluding hydrogens is 328 g/mol. The van der Waals surface area contributed by atoms with E-state index in [1.165, 1.54) is 39.7 Å². The van der Waals surface area contributed by atoms with Gasteiger partial charge in [-0.05, 0) is 51.9 Å². The second-order valence-electron chi connectivity index (χ2n) is 5.74. The largest absolute Gasteiger partial charge is 0.478 e. The van der Waals surface area contributed by atoms with Gasteiger partial charge in [0.25, 0.3) is 0 Å². The fourth-order valence-electron chi connectivity index (χ4n) is 2.67. The van der Waals surface area contributed by atoms with Crippen LogP contribution in [0.3, 0.4) is 0 Å². The number of carboxylic acids is 2. The molecule has 26 heavy (non-hydrogen) atoms. The van der Waals surface area contributed by atoms with Crippen molar-refractivity contribution in [3.63, 3.8) is 0 Å². The molecule has 0 radical (unpaired) electrons. The van der Waals surface area contributed by atoms with E-state index < -0.39 is 11.9 Å². The van der Waals surface area contributed by atoms with Crippen LogP contribution in [0.5, 0.6) is 0 Å². The summed E-state index contributed by atoms with van der Waals surface area (Å²) in [6, 6.07) is 26.6. The highest BCUT2D eigenvalue weighted by atomic mass is 16.4. The summed E-state index contributed by atoms with van der Waals surface area (Å²) in [6.45, 7) is 0. The third-order valence-corrected chi connectivity index (χ3v) is 3.97. The number of rotatable bonds is 2. The van der Waals surface area contributed by atoms with Gasteiger partial charge in [-0.2, -0.15) is 0 Å². The van der Waals surface area contributed by atoms with Crippen molar-refractivity contribution in [1.29, 1.82) is 0 Å². The standard InChI is InChI=1S/C14H10.C8H6O4/c1-2-6-12-10-14-8-4-3-7-13(14)9-11(12)5-1;9-7(10)5-2-1-3-6(4-5)8(11)12/h1-10H;1-4H,(H,9,10)(H,11,12). The average molecular weight is 344 g/mol. The summed E-state index contributed by atoms with van der Waals surface area (Å²) in [7, 11) is 0. The molecule has 0 atom stereocenters. The van der Waals surface area contributed by atoms with Crippen LogP contribution < -0.4 is 0 Å². The highest BCUT2D eigenvalue weighted by Gasteiger charge is 2.06. The molecule has 4 rings (SSSR count). The molecule has 4 aromatic carbocycles. The maximum absolute atomic E-state index is 10.4. The summed E-state index contributed by atoms with van der Waals surface area (Å²) in [4.78, 5) is 20.8. The maximum Gasteiger partial charge on any atom is 0.335 e. The minimum atomic E-state index is -1.13.